The SMILES string of the molecule is CCCCCCCCCCc1ccccc1OC(CCCCCCCCC)c1ccccc1[P+](=S)SCNC(=O)C(CCCCCCC)CS[P+](=S)c1ccccc1C(CCCCCCCCC)Oc1ccccc1CCCCCCCCCC. The van der Waals surface area contributed by atoms with Crippen molar-refractivity contribution >= 4 is 74.7 Å². The first kappa shape index (κ1) is 75.2. The molecule has 0 spiro atoms. The van der Waals surface area contributed by atoms with E-state index in [4.69, 9.17) is 33.1 Å². The third-order valence-electron chi connectivity index (χ3n) is 17.0. The van der Waals surface area contributed by atoms with Gasteiger partial charge < -0.3 is 14.8 Å². The summed E-state index contributed by atoms with van der Waals surface area (Å²) in [6.07, 6.45) is 49.4. The predicted molar refractivity (Wildman–Crippen MR) is 388 cm³/mol. The molecular formula is C75H119NO3P2S4+2. The lowest BCUT2D eigenvalue weighted by Gasteiger charge is -2.22. The highest BCUT2D eigenvalue weighted by molar-refractivity contribution is 8.66. The van der Waals surface area contributed by atoms with Gasteiger partial charge in [0.05, 0.1) is 23.1 Å². The van der Waals surface area contributed by atoms with Gasteiger partial charge in [-0.3, -0.25) is 4.79 Å². The van der Waals surface area contributed by atoms with Crippen LogP contribution in [0.2, 0.25) is 0 Å². The molecule has 4 rings (SSSR count). The molecule has 0 saturated heterocycles. The lowest BCUT2D eigenvalue weighted by Crippen LogP contribution is -2.31. The minimum absolute atomic E-state index is 0.0734. The number of benzene rings is 4. The second kappa shape index (κ2) is 50.4. The number of carbonyl (C=O) groups excluding carboxylic acids is 1. The van der Waals surface area contributed by atoms with Crippen LogP contribution in [0.1, 0.15) is 313 Å². The monoisotopic (exact) mass is 1270 g/mol. The van der Waals surface area contributed by atoms with E-state index in [9.17, 15) is 4.79 Å². The van der Waals surface area contributed by atoms with E-state index >= 15 is 0 Å². The molecule has 0 bridgehead atoms. The molecular weight excluding hydrogens is 1150 g/mol. The van der Waals surface area contributed by atoms with Crippen molar-refractivity contribution in [3.63, 3.8) is 0 Å². The molecule has 5 unspecified atom stereocenters. The summed E-state index contributed by atoms with van der Waals surface area (Å²) in [6, 6.07) is 35.3. The molecule has 1 amide bonds. The summed E-state index contributed by atoms with van der Waals surface area (Å²) in [5.41, 5.74) is 5.09. The number of carbonyl (C=O) groups is 1. The molecule has 5 atom stereocenters. The Hall–Kier alpha value is -2.31. The lowest BCUT2D eigenvalue weighted by molar-refractivity contribution is -0.124. The number of amides is 1. The molecule has 4 aromatic rings. The number of nitrogens with one attached hydrogen (secondary N) is 1. The fourth-order valence-electron chi connectivity index (χ4n) is 11.7. The number of unbranched alkanes of at least 4 members (excludes halogenated alkanes) is 30. The minimum Gasteiger partial charge on any atom is -0.485 e. The molecule has 0 saturated carbocycles. The summed E-state index contributed by atoms with van der Waals surface area (Å²) in [7, 11) is 0. The van der Waals surface area contributed by atoms with Crippen molar-refractivity contribution in [3.8, 4) is 11.5 Å². The molecule has 0 aromatic heterocycles. The van der Waals surface area contributed by atoms with Crippen molar-refractivity contribution in [3.05, 3.63) is 119 Å². The Kier molecular flexibility index (Phi) is 44.6. The third-order valence-corrected chi connectivity index (χ3v) is 26.4. The number of hydrogen-bond acceptors (Lipinski definition) is 7. The van der Waals surface area contributed by atoms with Gasteiger partial charge in [0, 0.05) is 11.1 Å². The topological polar surface area (TPSA) is 47.6 Å². The second-order valence-electron chi connectivity index (χ2n) is 24.3. The summed E-state index contributed by atoms with van der Waals surface area (Å²) < 4.78 is 14.4. The van der Waals surface area contributed by atoms with Gasteiger partial charge in [-0.2, -0.15) is 0 Å². The van der Waals surface area contributed by atoms with Gasteiger partial charge in [0.25, 0.3) is 11.8 Å². The molecule has 0 fully saturated rings. The van der Waals surface area contributed by atoms with Gasteiger partial charge in [0.15, 0.2) is 34.2 Å². The van der Waals surface area contributed by atoms with Crippen molar-refractivity contribution in [1.29, 1.82) is 0 Å². The van der Waals surface area contributed by atoms with Crippen LogP contribution in [0.4, 0.5) is 0 Å². The third kappa shape index (κ3) is 32.8. The van der Waals surface area contributed by atoms with E-state index < -0.39 is 11.8 Å². The molecule has 0 radical (unpaired) electrons. The summed E-state index contributed by atoms with van der Waals surface area (Å²) >= 11 is 16.6. The zero-order valence-electron chi connectivity index (χ0n) is 54.4. The fourth-order valence-corrected chi connectivity index (χ4v) is 19.6. The molecule has 0 aliphatic heterocycles. The van der Waals surface area contributed by atoms with E-state index in [0.29, 0.717) is 11.6 Å². The highest BCUT2D eigenvalue weighted by atomic mass is 32.9. The van der Waals surface area contributed by atoms with Gasteiger partial charge in [0.1, 0.15) is 41.0 Å². The normalized spacial score (nSPS) is 12.9. The van der Waals surface area contributed by atoms with Crippen LogP contribution in [0.25, 0.3) is 0 Å². The zero-order chi connectivity index (χ0) is 60.6. The largest absolute Gasteiger partial charge is 0.485 e. The van der Waals surface area contributed by atoms with Crippen LogP contribution in [0.15, 0.2) is 97.1 Å². The van der Waals surface area contributed by atoms with Crippen molar-refractivity contribution < 1.29 is 14.3 Å². The average molecular weight is 1270 g/mol. The van der Waals surface area contributed by atoms with Gasteiger partial charge in [-0.1, -0.05) is 306 Å². The molecule has 0 heterocycles. The summed E-state index contributed by atoms with van der Waals surface area (Å²) in [5.74, 6) is 1.18. The van der Waals surface area contributed by atoms with Gasteiger partial charge in [-0.05, 0) is 93.2 Å². The number of ether oxygens (including phenoxy) is 2. The second-order valence-corrected chi connectivity index (χ2v) is 34.8. The standard InChI is InChI=1S/C75H118NO3P2S4/c1-6-11-16-21-25-29-32-36-49-64-51-41-45-56-69(64)78-71(58-39-34-27-23-18-13-8-3)67-54-43-47-60-73(67)80(82)84-62-66(53-38-31-20-15-10-5)75(77)76-63-85-81(83)74-61-48-44-55-68(74)72(59-40-35-28-24-19-14-9-4)79-70-57-46-42-52-65(70)50-37-33-30-26-22-17-12-7-2/h41-48,51-52,54-57,60-61,66,71-72H,6-40,49-50,53,58-59,62-63H2,1-5H3/q+1/p+1. The highest BCUT2D eigenvalue weighted by Gasteiger charge is 2.32. The van der Waals surface area contributed by atoms with E-state index in [1.165, 1.54) is 232 Å². The molecule has 4 nitrogen and oxygen atoms in total. The van der Waals surface area contributed by atoms with Crippen molar-refractivity contribution in [2.75, 3.05) is 11.6 Å². The number of aryl methyl sites for hydroxylation is 2. The molecule has 0 aliphatic rings. The first-order valence-corrected chi connectivity index (χ1v) is 42.9. The number of hydrogen-bond donors (Lipinski definition) is 1. The van der Waals surface area contributed by atoms with E-state index in [-0.39, 0.29) is 24.0 Å². The molecule has 1 N–H and O–H groups in total. The van der Waals surface area contributed by atoms with Crippen LogP contribution < -0.4 is 25.4 Å². The predicted octanol–water partition coefficient (Wildman–Crippen LogP) is 24.8. The van der Waals surface area contributed by atoms with Crippen molar-refractivity contribution in [2.45, 2.75) is 304 Å². The van der Waals surface area contributed by atoms with E-state index in [1.54, 1.807) is 11.4 Å². The van der Waals surface area contributed by atoms with Crippen LogP contribution in [0, 0.1) is 5.92 Å². The molecule has 474 valence electrons. The van der Waals surface area contributed by atoms with Crippen LogP contribution in [0.3, 0.4) is 0 Å². The Morgan fingerprint density at radius 1 is 0.400 bits per heavy atom. The van der Waals surface area contributed by atoms with Crippen LogP contribution >= 0.6 is 34.6 Å². The summed E-state index contributed by atoms with van der Waals surface area (Å²) in [6.45, 7) is 11.4. The van der Waals surface area contributed by atoms with E-state index in [2.05, 4.69) is 137 Å². The van der Waals surface area contributed by atoms with E-state index in [1.807, 2.05) is 11.4 Å². The first-order valence-electron chi connectivity index (χ1n) is 35.0. The maximum atomic E-state index is 14.5. The lowest BCUT2D eigenvalue weighted by atomic mass is 10.0. The van der Waals surface area contributed by atoms with Gasteiger partial charge in [-0.25, -0.2) is 0 Å². The van der Waals surface area contributed by atoms with Crippen LogP contribution in [0.5, 0.6) is 11.5 Å². The smallest absolute Gasteiger partial charge is 0.285 e. The molecule has 0 aliphatic carbocycles. The zero-order valence-corrected chi connectivity index (χ0v) is 59.5. The average Bonchev–Trinajstić information content (AvgIpc) is 3.32. The molecule has 10 heteroatoms. The van der Waals surface area contributed by atoms with Gasteiger partial charge in [0.2, 0.25) is 5.91 Å². The van der Waals surface area contributed by atoms with E-state index in [0.717, 1.165) is 69.3 Å². The highest BCUT2D eigenvalue weighted by Crippen LogP contribution is 2.44. The van der Waals surface area contributed by atoms with Gasteiger partial charge in [-0.15, -0.1) is 0 Å². The first-order chi connectivity index (χ1) is 41.8. The molecule has 85 heavy (non-hydrogen) atoms. The number of para-hydroxylation sites is 2. The van der Waals surface area contributed by atoms with Crippen molar-refractivity contribution in [1.82, 2.24) is 5.32 Å². The van der Waals surface area contributed by atoms with Crippen LogP contribution in [-0.2, 0) is 41.2 Å². The summed E-state index contributed by atoms with van der Waals surface area (Å²) in [4.78, 5) is 14.5. The van der Waals surface area contributed by atoms with Crippen molar-refractivity contribution in [2.24, 2.45) is 5.92 Å². The quantitative estimate of drug-likeness (QED) is 0.0269. The molecule has 4 aromatic carbocycles. The number of rotatable bonds is 55. The fraction of sp³-hybridized carbons (Fsp3) is 0.667. The minimum atomic E-state index is -1.05. The Labute approximate surface area is 542 Å². The maximum absolute atomic E-state index is 14.5. The Balaban J connectivity index is 1.47. The summed E-state index contributed by atoms with van der Waals surface area (Å²) in [5, 5.41) is 5.84. The van der Waals surface area contributed by atoms with Crippen LogP contribution in [-0.4, -0.2) is 17.5 Å². The van der Waals surface area contributed by atoms with Gasteiger partial charge >= 0.3 is 0 Å². The Bertz CT molecular complexity index is 2350. The maximum Gasteiger partial charge on any atom is 0.285 e. The Morgan fingerprint density at radius 2 is 0.718 bits per heavy atom. The Morgan fingerprint density at radius 3 is 1.12 bits per heavy atom.